The smallest absolute Gasteiger partial charge is 0.255 e. The number of anilines is 1. The molecular formula is C22H34N4O2. The molecule has 0 aliphatic carbocycles. The molecule has 1 N–H and O–H groups in total. The Kier molecular flexibility index (Phi) is 7.43. The number of piperidine rings is 1. The van der Waals surface area contributed by atoms with Crippen molar-refractivity contribution in [1.29, 1.82) is 0 Å². The Morgan fingerprint density at radius 3 is 2.64 bits per heavy atom. The minimum atomic E-state index is -0.0156. The molecule has 1 amide bonds. The van der Waals surface area contributed by atoms with Gasteiger partial charge in [0.1, 0.15) is 11.6 Å². The zero-order valence-electron chi connectivity index (χ0n) is 17.3. The maximum Gasteiger partial charge on any atom is 0.255 e. The molecule has 1 aromatic heterocycles. The van der Waals surface area contributed by atoms with E-state index in [9.17, 15) is 9.59 Å². The molecule has 0 unspecified atom stereocenters. The number of carbonyl (C=O) groups excluding carboxylic acids is 2. The second kappa shape index (κ2) is 10.0. The first-order valence-electron chi connectivity index (χ1n) is 10.8. The van der Waals surface area contributed by atoms with Crippen molar-refractivity contribution in [3.05, 3.63) is 23.9 Å². The third kappa shape index (κ3) is 5.77. The van der Waals surface area contributed by atoms with Gasteiger partial charge in [-0.1, -0.05) is 13.8 Å². The van der Waals surface area contributed by atoms with Crippen molar-refractivity contribution < 1.29 is 9.59 Å². The Bertz CT molecular complexity index is 653. The topological polar surface area (TPSA) is 65.5 Å². The lowest BCUT2D eigenvalue weighted by molar-refractivity contribution is -0.124. The van der Waals surface area contributed by atoms with Gasteiger partial charge in [-0.2, -0.15) is 0 Å². The van der Waals surface area contributed by atoms with E-state index in [1.54, 1.807) is 6.20 Å². The normalized spacial score (nSPS) is 20.5. The molecule has 0 spiro atoms. The summed E-state index contributed by atoms with van der Waals surface area (Å²) in [4.78, 5) is 33.9. The van der Waals surface area contributed by atoms with Gasteiger partial charge in [-0.25, -0.2) is 4.98 Å². The summed E-state index contributed by atoms with van der Waals surface area (Å²) < 4.78 is 0. The maximum absolute atomic E-state index is 12.8. The number of amides is 1. The highest BCUT2D eigenvalue weighted by atomic mass is 16.2. The third-order valence-electron chi connectivity index (χ3n) is 5.72. The minimum Gasteiger partial charge on any atom is -0.369 e. The van der Waals surface area contributed by atoms with Crippen LogP contribution in [0.5, 0.6) is 0 Å². The van der Waals surface area contributed by atoms with Crippen LogP contribution in [0.2, 0.25) is 0 Å². The molecule has 0 bridgehead atoms. The summed E-state index contributed by atoms with van der Waals surface area (Å²) >= 11 is 0. The molecule has 2 aliphatic heterocycles. The van der Waals surface area contributed by atoms with E-state index < -0.39 is 0 Å². The number of likely N-dealkylation sites (tertiary alicyclic amines) is 2. The van der Waals surface area contributed by atoms with E-state index in [2.05, 4.69) is 29.0 Å². The largest absolute Gasteiger partial charge is 0.369 e. The predicted molar refractivity (Wildman–Crippen MR) is 111 cm³/mol. The summed E-state index contributed by atoms with van der Waals surface area (Å²) in [5, 5.41) is 3.34. The number of nitrogens with one attached hydrogen (secondary N) is 1. The van der Waals surface area contributed by atoms with Crippen molar-refractivity contribution in [2.45, 2.75) is 46.0 Å². The molecule has 0 saturated carbocycles. The van der Waals surface area contributed by atoms with Crippen LogP contribution >= 0.6 is 0 Å². The van der Waals surface area contributed by atoms with Crippen LogP contribution in [0.15, 0.2) is 18.3 Å². The van der Waals surface area contributed by atoms with Gasteiger partial charge in [0, 0.05) is 44.7 Å². The van der Waals surface area contributed by atoms with Crippen molar-refractivity contribution in [2.75, 3.05) is 44.6 Å². The Morgan fingerprint density at radius 1 is 1.18 bits per heavy atom. The molecule has 2 fully saturated rings. The summed E-state index contributed by atoms with van der Waals surface area (Å²) in [6.45, 7) is 9.68. The summed E-state index contributed by atoms with van der Waals surface area (Å²) in [6.07, 6.45) is 6.65. The molecule has 3 heterocycles. The van der Waals surface area contributed by atoms with Gasteiger partial charge in [0.05, 0.1) is 5.56 Å². The molecule has 0 aromatic carbocycles. The van der Waals surface area contributed by atoms with Crippen molar-refractivity contribution >= 4 is 17.5 Å². The fourth-order valence-corrected chi connectivity index (χ4v) is 4.15. The number of carbonyl (C=O) groups is 2. The molecular weight excluding hydrogens is 352 g/mol. The number of ketones is 1. The molecule has 3 rings (SSSR count). The van der Waals surface area contributed by atoms with Crippen molar-refractivity contribution in [3.63, 3.8) is 0 Å². The van der Waals surface area contributed by atoms with Crippen molar-refractivity contribution in [3.8, 4) is 0 Å². The van der Waals surface area contributed by atoms with Crippen LogP contribution in [-0.4, -0.2) is 65.7 Å². The van der Waals surface area contributed by atoms with Crippen molar-refractivity contribution in [2.24, 2.45) is 11.8 Å². The fourth-order valence-electron chi connectivity index (χ4n) is 4.15. The molecule has 1 aromatic rings. The lowest BCUT2D eigenvalue weighted by atomic mass is 9.89. The highest BCUT2D eigenvalue weighted by Gasteiger charge is 2.29. The average molecular weight is 387 g/mol. The zero-order valence-corrected chi connectivity index (χ0v) is 17.3. The quantitative estimate of drug-likeness (QED) is 0.744. The summed E-state index contributed by atoms with van der Waals surface area (Å²) in [7, 11) is 0. The molecule has 6 nitrogen and oxygen atoms in total. The lowest BCUT2D eigenvalue weighted by Gasteiger charge is -2.32. The highest BCUT2D eigenvalue weighted by molar-refractivity contribution is 5.94. The standard InChI is InChI=1S/C22H34N4O2/c1-17(2)14-20(27)19-6-5-12-26(16-19)22(28)18-7-8-21(24-15-18)23-9-13-25-10-3-4-11-25/h7-8,15,17,19H,3-6,9-14,16H2,1-2H3,(H,23,24)/t19-/m0/s1. The van der Waals surface area contributed by atoms with Gasteiger partial charge in [0.15, 0.2) is 0 Å². The molecule has 154 valence electrons. The van der Waals surface area contributed by atoms with E-state index >= 15 is 0 Å². The Balaban J connectivity index is 1.49. The summed E-state index contributed by atoms with van der Waals surface area (Å²) in [5.74, 6) is 1.44. The van der Waals surface area contributed by atoms with E-state index in [1.807, 2.05) is 17.0 Å². The highest BCUT2D eigenvalue weighted by Crippen LogP contribution is 2.22. The first-order chi connectivity index (χ1) is 13.5. The average Bonchev–Trinajstić information content (AvgIpc) is 3.21. The van der Waals surface area contributed by atoms with Gasteiger partial charge in [-0.3, -0.25) is 9.59 Å². The number of aromatic nitrogens is 1. The van der Waals surface area contributed by atoms with Gasteiger partial charge in [-0.15, -0.1) is 0 Å². The predicted octanol–water partition coefficient (Wildman–Crippen LogP) is 3.06. The van der Waals surface area contributed by atoms with E-state index in [0.29, 0.717) is 30.2 Å². The second-order valence-electron chi connectivity index (χ2n) is 8.56. The van der Waals surface area contributed by atoms with E-state index in [-0.39, 0.29) is 11.8 Å². The second-order valence-corrected chi connectivity index (χ2v) is 8.56. The fraction of sp³-hybridized carbons (Fsp3) is 0.682. The van der Waals surface area contributed by atoms with Gasteiger partial charge in [0.2, 0.25) is 0 Å². The van der Waals surface area contributed by atoms with Crippen LogP contribution < -0.4 is 5.32 Å². The number of nitrogens with zero attached hydrogens (tertiary/aromatic N) is 3. The number of Topliss-reactive ketones (excluding diaryl/α,β-unsaturated/α-hetero) is 1. The summed E-state index contributed by atoms with van der Waals surface area (Å²) in [5.41, 5.74) is 0.599. The van der Waals surface area contributed by atoms with E-state index in [0.717, 1.165) is 38.3 Å². The molecule has 2 saturated heterocycles. The first kappa shape index (κ1) is 20.8. The van der Waals surface area contributed by atoms with Crippen LogP contribution in [0.1, 0.15) is 56.3 Å². The van der Waals surface area contributed by atoms with Gasteiger partial charge in [-0.05, 0) is 56.8 Å². The minimum absolute atomic E-state index is 0.0143. The van der Waals surface area contributed by atoms with Crippen LogP contribution in [0.4, 0.5) is 5.82 Å². The van der Waals surface area contributed by atoms with E-state index in [4.69, 9.17) is 0 Å². The van der Waals surface area contributed by atoms with E-state index in [1.165, 1.54) is 25.9 Å². The molecule has 0 radical (unpaired) electrons. The lowest BCUT2D eigenvalue weighted by Crippen LogP contribution is -2.42. The molecule has 2 aliphatic rings. The van der Waals surface area contributed by atoms with Crippen LogP contribution in [-0.2, 0) is 4.79 Å². The summed E-state index contributed by atoms with van der Waals surface area (Å²) in [6, 6.07) is 3.72. The van der Waals surface area contributed by atoms with Gasteiger partial charge >= 0.3 is 0 Å². The Morgan fingerprint density at radius 2 is 1.96 bits per heavy atom. The van der Waals surface area contributed by atoms with Crippen LogP contribution in [0.25, 0.3) is 0 Å². The maximum atomic E-state index is 12.8. The SMILES string of the molecule is CC(C)CC(=O)[C@H]1CCCN(C(=O)c2ccc(NCCN3CCCC3)nc2)C1. The number of hydrogen-bond acceptors (Lipinski definition) is 5. The third-order valence-corrected chi connectivity index (χ3v) is 5.72. The van der Waals surface area contributed by atoms with Gasteiger partial charge in [0.25, 0.3) is 5.91 Å². The Labute approximate surface area is 168 Å². The van der Waals surface area contributed by atoms with Crippen molar-refractivity contribution in [1.82, 2.24) is 14.8 Å². The molecule has 1 atom stereocenters. The monoisotopic (exact) mass is 386 g/mol. The number of pyridine rings is 1. The zero-order chi connectivity index (χ0) is 19.9. The molecule has 28 heavy (non-hydrogen) atoms. The Hall–Kier alpha value is -1.95. The van der Waals surface area contributed by atoms with Crippen LogP contribution in [0, 0.1) is 11.8 Å². The van der Waals surface area contributed by atoms with Gasteiger partial charge < -0.3 is 15.1 Å². The van der Waals surface area contributed by atoms with Crippen LogP contribution in [0.3, 0.4) is 0 Å². The molecule has 6 heteroatoms. The first-order valence-corrected chi connectivity index (χ1v) is 10.8. The number of hydrogen-bond donors (Lipinski definition) is 1. The number of rotatable bonds is 8.